The Kier molecular flexibility index (Phi) is 6.33. The molecular weight excluding hydrogens is 447 g/mol. The molecular formula is C20H20ClFN4O2S2. The largest absolute Gasteiger partial charge is 0.292 e. The average molecular weight is 467 g/mol. The number of halogens is 2. The van der Waals surface area contributed by atoms with Gasteiger partial charge in [-0.15, -0.1) is 0 Å². The van der Waals surface area contributed by atoms with E-state index >= 15 is 0 Å². The van der Waals surface area contributed by atoms with Gasteiger partial charge in [0.1, 0.15) is 17.0 Å². The molecule has 1 aliphatic heterocycles. The third-order valence-electron chi connectivity index (χ3n) is 5.14. The highest BCUT2D eigenvalue weighted by atomic mass is 35.5. The highest BCUT2D eigenvalue weighted by Crippen LogP contribution is 2.34. The lowest BCUT2D eigenvalue weighted by molar-refractivity contribution is 0.140. The molecule has 0 radical (unpaired) electrons. The van der Waals surface area contributed by atoms with E-state index < -0.39 is 20.7 Å². The van der Waals surface area contributed by atoms with Crippen molar-refractivity contribution in [3.63, 3.8) is 0 Å². The molecule has 0 aliphatic carbocycles. The zero-order chi connectivity index (χ0) is 21.1. The van der Waals surface area contributed by atoms with Crippen LogP contribution in [0.4, 0.5) is 9.52 Å². The zero-order valence-corrected chi connectivity index (χ0v) is 18.4. The van der Waals surface area contributed by atoms with Crippen molar-refractivity contribution >= 4 is 38.3 Å². The van der Waals surface area contributed by atoms with Gasteiger partial charge < -0.3 is 0 Å². The quantitative estimate of drug-likeness (QED) is 0.561. The number of anilines is 1. The fraction of sp³-hybridized carbons (Fsp3) is 0.300. The molecule has 1 atom stereocenters. The monoisotopic (exact) mass is 466 g/mol. The Morgan fingerprint density at radius 2 is 2.03 bits per heavy atom. The first kappa shape index (κ1) is 21.2. The van der Waals surface area contributed by atoms with Crippen LogP contribution in [-0.4, -0.2) is 29.2 Å². The van der Waals surface area contributed by atoms with Gasteiger partial charge in [-0.25, -0.2) is 17.8 Å². The second-order valence-corrected chi connectivity index (χ2v) is 9.96. The standard InChI is InChI=1S/C20H20ClFN4O2S2/c21-16-11-19(30(27,28)25-20-23-13-24-29-20)17(22)10-15(16)12-26-9-5-4-8-18(26)14-6-2-1-3-7-14/h1-3,6-7,10-11,13,18H,4-5,8-9,12H2,(H,23,24,25). The van der Waals surface area contributed by atoms with Crippen LogP contribution in [-0.2, 0) is 16.6 Å². The van der Waals surface area contributed by atoms with Gasteiger partial charge in [-0.2, -0.15) is 4.37 Å². The molecule has 1 unspecified atom stereocenters. The number of sulfonamides is 1. The molecule has 1 fully saturated rings. The lowest BCUT2D eigenvalue weighted by atomic mass is 9.94. The summed E-state index contributed by atoms with van der Waals surface area (Å²) in [5.41, 5.74) is 1.78. The molecule has 30 heavy (non-hydrogen) atoms. The number of rotatable bonds is 6. The maximum atomic E-state index is 14.8. The van der Waals surface area contributed by atoms with Crippen LogP contribution in [0.15, 0.2) is 53.7 Å². The van der Waals surface area contributed by atoms with Crippen LogP contribution in [0.1, 0.15) is 36.4 Å². The van der Waals surface area contributed by atoms with Gasteiger partial charge in [0.2, 0.25) is 5.13 Å². The predicted octanol–water partition coefficient (Wildman–Crippen LogP) is 4.86. The summed E-state index contributed by atoms with van der Waals surface area (Å²) in [6, 6.07) is 12.8. The van der Waals surface area contributed by atoms with Crippen LogP contribution in [0.2, 0.25) is 5.02 Å². The van der Waals surface area contributed by atoms with Gasteiger partial charge in [-0.1, -0.05) is 48.4 Å². The highest BCUT2D eigenvalue weighted by molar-refractivity contribution is 7.93. The van der Waals surface area contributed by atoms with E-state index in [2.05, 4.69) is 31.1 Å². The Bertz CT molecular complexity index is 1110. The van der Waals surface area contributed by atoms with Crippen molar-refractivity contribution in [1.82, 2.24) is 14.3 Å². The number of piperidine rings is 1. The molecule has 10 heteroatoms. The number of benzene rings is 2. The highest BCUT2D eigenvalue weighted by Gasteiger charge is 2.27. The Hall–Kier alpha value is -2.07. The van der Waals surface area contributed by atoms with Crippen LogP contribution in [0.3, 0.4) is 0 Å². The average Bonchev–Trinajstić information content (AvgIpc) is 3.23. The van der Waals surface area contributed by atoms with Gasteiger partial charge >= 0.3 is 0 Å². The lowest BCUT2D eigenvalue weighted by Gasteiger charge is -2.36. The third kappa shape index (κ3) is 4.64. The van der Waals surface area contributed by atoms with Gasteiger partial charge in [0.15, 0.2) is 0 Å². The molecule has 4 rings (SSSR count). The van der Waals surface area contributed by atoms with E-state index in [1.807, 2.05) is 18.2 Å². The van der Waals surface area contributed by atoms with Crippen LogP contribution >= 0.6 is 23.1 Å². The molecule has 0 amide bonds. The van der Waals surface area contributed by atoms with Crippen LogP contribution < -0.4 is 4.72 Å². The first-order valence-corrected chi connectivity index (χ1v) is 12.1. The van der Waals surface area contributed by atoms with Crippen molar-refractivity contribution in [2.75, 3.05) is 11.3 Å². The first-order valence-electron chi connectivity index (χ1n) is 9.50. The normalized spacial score (nSPS) is 17.7. The van der Waals surface area contributed by atoms with Crippen LogP contribution in [0, 0.1) is 5.82 Å². The molecule has 2 aromatic carbocycles. The number of hydrogen-bond acceptors (Lipinski definition) is 6. The van der Waals surface area contributed by atoms with Gasteiger partial charge in [-0.05, 0) is 42.6 Å². The molecule has 0 bridgehead atoms. The molecule has 0 spiro atoms. The minimum atomic E-state index is -4.16. The third-order valence-corrected chi connectivity index (χ3v) is 7.56. The van der Waals surface area contributed by atoms with Gasteiger partial charge in [0, 0.05) is 29.1 Å². The van der Waals surface area contributed by atoms with Crippen molar-refractivity contribution in [2.24, 2.45) is 0 Å². The minimum Gasteiger partial charge on any atom is -0.292 e. The first-order chi connectivity index (χ1) is 14.4. The zero-order valence-electron chi connectivity index (χ0n) is 16.0. The summed E-state index contributed by atoms with van der Waals surface area (Å²) in [5, 5.41) is 0.278. The minimum absolute atomic E-state index is 0.0635. The number of nitrogens with one attached hydrogen (secondary N) is 1. The molecule has 1 saturated heterocycles. The maximum absolute atomic E-state index is 14.8. The van der Waals surface area contributed by atoms with E-state index in [9.17, 15) is 12.8 Å². The molecule has 1 N–H and O–H groups in total. The maximum Gasteiger partial charge on any atom is 0.266 e. The smallest absolute Gasteiger partial charge is 0.266 e. The van der Waals surface area contributed by atoms with E-state index in [1.165, 1.54) is 18.0 Å². The molecule has 3 aromatic rings. The second-order valence-electron chi connectivity index (χ2n) is 7.12. The summed E-state index contributed by atoms with van der Waals surface area (Å²) >= 11 is 7.26. The van der Waals surface area contributed by atoms with E-state index in [0.29, 0.717) is 12.1 Å². The van der Waals surface area contributed by atoms with Crippen molar-refractivity contribution in [2.45, 2.75) is 36.7 Å². The van der Waals surface area contributed by atoms with E-state index in [-0.39, 0.29) is 16.2 Å². The molecule has 158 valence electrons. The van der Waals surface area contributed by atoms with Crippen molar-refractivity contribution in [1.29, 1.82) is 0 Å². The summed E-state index contributed by atoms with van der Waals surface area (Å²) in [6.07, 6.45) is 4.42. The number of nitrogens with zero attached hydrogens (tertiary/aromatic N) is 3. The number of likely N-dealkylation sites (tertiary alicyclic amines) is 1. The topological polar surface area (TPSA) is 75.2 Å². The Morgan fingerprint density at radius 1 is 1.23 bits per heavy atom. The van der Waals surface area contributed by atoms with Gasteiger partial charge in [0.25, 0.3) is 10.0 Å². The Labute approximate surface area is 183 Å². The fourth-order valence-electron chi connectivity index (χ4n) is 3.74. The molecule has 0 saturated carbocycles. The van der Waals surface area contributed by atoms with Gasteiger partial charge in [0.05, 0.1) is 0 Å². The Balaban J connectivity index is 1.58. The second kappa shape index (κ2) is 8.97. The SMILES string of the molecule is O=S(=O)(Nc1ncns1)c1cc(Cl)c(CN2CCCCC2c2ccccc2)cc1F. The summed E-state index contributed by atoms with van der Waals surface area (Å²) in [5.74, 6) is -0.848. The summed E-state index contributed by atoms with van der Waals surface area (Å²) in [7, 11) is -4.16. The fourth-order valence-corrected chi connectivity index (χ4v) is 5.77. The predicted molar refractivity (Wildman–Crippen MR) is 116 cm³/mol. The van der Waals surface area contributed by atoms with E-state index in [0.717, 1.165) is 43.4 Å². The molecule has 6 nitrogen and oxygen atoms in total. The lowest BCUT2D eigenvalue weighted by Crippen LogP contribution is -2.33. The Morgan fingerprint density at radius 3 is 2.77 bits per heavy atom. The summed E-state index contributed by atoms with van der Waals surface area (Å²) in [4.78, 5) is 5.53. The number of hydrogen-bond donors (Lipinski definition) is 1. The molecule has 1 aromatic heterocycles. The van der Waals surface area contributed by atoms with E-state index in [1.54, 1.807) is 0 Å². The summed E-state index contributed by atoms with van der Waals surface area (Å²) < 4.78 is 45.8. The van der Waals surface area contributed by atoms with Crippen LogP contribution in [0.25, 0.3) is 0 Å². The number of aromatic nitrogens is 2. The van der Waals surface area contributed by atoms with E-state index in [4.69, 9.17) is 11.6 Å². The molecule has 1 aliphatic rings. The van der Waals surface area contributed by atoms with Crippen molar-refractivity contribution < 1.29 is 12.8 Å². The molecule has 2 heterocycles. The van der Waals surface area contributed by atoms with Gasteiger partial charge in [-0.3, -0.25) is 9.62 Å². The van der Waals surface area contributed by atoms with Crippen molar-refractivity contribution in [3.05, 3.63) is 70.8 Å². The van der Waals surface area contributed by atoms with Crippen molar-refractivity contribution in [3.8, 4) is 0 Å². The summed E-state index contributed by atoms with van der Waals surface area (Å²) in [6.45, 7) is 1.32. The van der Waals surface area contributed by atoms with Crippen LogP contribution in [0.5, 0.6) is 0 Å².